The highest BCUT2D eigenvalue weighted by atomic mass is 32.2. The summed E-state index contributed by atoms with van der Waals surface area (Å²) < 4.78 is 27.8. The number of sulfonamides is 1. The lowest BCUT2D eigenvalue weighted by Crippen LogP contribution is -2.35. The summed E-state index contributed by atoms with van der Waals surface area (Å²) in [6.45, 7) is 2.35. The van der Waals surface area contributed by atoms with Crippen molar-refractivity contribution < 1.29 is 8.42 Å². The molecule has 2 unspecified atom stereocenters. The molecule has 6 heteroatoms. The standard InChI is InChI=1S/C14H23N3O2S/c1-11-4-2-5-12(8-7-11)17-20(18,19)14-6-3-9-16-13(14)10-15/h3,6,9,11-12,17H,2,4-5,7-8,10,15H2,1H3. The van der Waals surface area contributed by atoms with Gasteiger partial charge < -0.3 is 5.73 Å². The molecule has 1 aliphatic carbocycles. The lowest BCUT2D eigenvalue weighted by molar-refractivity contribution is 0.484. The summed E-state index contributed by atoms with van der Waals surface area (Å²) in [7, 11) is -3.53. The molecular weight excluding hydrogens is 274 g/mol. The van der Waals surface area contributed by atoms with Gasteiger partial charge >= 0.3 is 0 Å². The average molecular weight is 297 g/mol. The normalized spacial score (nSPS) is 24.3. The highest BCUT2D eigenvalue weighted by Gasteiger charge is 2.24. The van der Waals surface area contributed by atoms with Crippen molar-refractivity contribution in [2.45, 2.75) is 56.5 Å². The number of hydrogen-bond donors (Lipinski definition) is 2. The van der Waals surface area contributed by atoms with Crippen molar-refractivity contribution in [2.75, 3.05) is 0 Å². The van der Waals surface area contributed by atoms with Crippen LogP contribution in [0.3, 0.4) is 0 Å². The second kappa shape index (κ2) is 6.65. The van der Waals surface area contributed by atoms with E-state index in [4.69, 9.17) is 5.73 Å². The van der Waals surface area contributed by atoms with Gasteiger partial charge in [0.05, 0.1) is 5.69 Å². The molecule has 0 amide bonds. The zero-order valence-corrected chi connectivity index (χ0v) is 12.7. The smallest absolute Gasteiger partial charge is 0.242 e. The second-order valence-electron chi connectivity index (χ2n) is 5.58. The van der Waals surface area contributed by atoms with Gasteiger partial charge in [-0.15, -0.1) is 0 Å². The third kappa shape index (κ3) is 3.77. The van der Waals surface area contributed by atoms with E-state index < -0.39 is 10.0 Å². The van der Waals surface area contributed by atoms with Crippen LogP contribution in [0.5, 0.6) is 0 Å². The maximum atomic E-state index is 12.5. The molecule has 1 saturated carbocycles. The lowest BCUT2D eigenvalue weighted by Gasteiger charge is -2.17. The molecule has 0 aliphatic heterocycles. The molecule has 0 saturated heterocycles. The Labute approximate surface area is 121 Å². The monoisotopic (exact) mass is 297 g/mol. The van der Waals surface area contributed by atoms with Crippen LogP contribution in [-0.2, 0) is 16.6 Å². The van der Waals surface area contributed by atoms with E-state index in [1.54, 1.807) is 18.3 Å². The maximum absolute atomic E-state index is 12.5. The van der Waals surface area contributed by atoms with Crippen LogP contribution in [0.1, 0.15) is 44.7 Å². The van der Waals surface area contributed by atoms with E-state index in [1.165, 1.54) is 6.42 Å². The quantitative estimate of drug-likeness (QED) is 0.830. The van der Waals surface area contributed by atoms with Gasteiger partial charge in [-0.3, -0.25) is 4.98 Å². The molecule has 2 rings (SSSR count). The number of nitrogens with zero attached hydrogens (tertiary/aromatic N) is 1. The van der Waals surface area contributed by atoms with E-state index in [2.05, 4.69) is 16.6 Å². The van der Waals surface area contributed by atoms with Crippen molar-refractivity contribution in [3.63, 3.8) is 0 Å². The van der Waals surface area contributed by atoms with Crippen molar-refractivity contribution in [1.29, 1.82) is 0 Å². The van der Waals surface area contributed by atoms with E-state index in [0.29, 0.717) is 11.6 Å². The zero-order valence-electron chi connectivity index (χ0n) is 11.9. The van der Waals surface area contributed by atoms with Gasteiger partial charge in [-0.1, -0.05) is 19.8 Å². The Morgan fingerprint density at radius 2 is 2.15 bits per heavy atom. The maximum Gasteiger partial charge on any atom is 0.242 e. The summed E-state index contributed by atoms with van der Waals surface area (Å²) in [6, 6.07) is 3.22. The molecule has 2 atom stereocenters. The second-order valence-corrected chi connectivity index (χ2v) is 7.27. The minimum atomic E-state index is -3.53. The summed E-state index contributed by atoms with van der Waals surface area (Å²) in [6.07, 6.45) is 6.70. The van der Waals surface area contributed by atoms with Crippen LogP contribution in [0.15, 0.2) is 23.2 Å². The van der Waals surface area contributed by atoms with Crippen LogP contribution in [0, 0.1) is 5.92 Å². The van der Waals surface area contributed by atoms with Crippen LogP contribution >= 0.6 is 0 Å². The van der Waals surface area contributed by atoms with Gasteiger partial charge in [0.1, 0.15) is 4.90 Å². The lowest BCUT2D eigenvalue weighted by atomic mass is 10.0. The van der Waals surface area contributed by atoms with E-state index in [1.807, 2.05) is 0 Å². The Morgan fingerprint density at radius 1 is 1.35 bits per heavy atom. The molecule has 0 spiro atoms. The summed E-state index contributed by atoms with van der Waals surface area (Å²) in [4.78, 5) is 4.25. The third-order valence-electron chi connectivity index (χ3n) is 3.91. The Morgan fingerprint density at radius 3 is 2.90 bits per heavy atom. The molecule has 0 aromatic carbocycles. The van der Waals surface area contributed by atoms with Gasteiger partial charge in [0.25, 0.3) is 0 Å². The van der Waals surface area contributed by atoms with Crippen LogP contribution in [0.25, 0.3) is 0 Å². The Kier molecular flexibility index (Phi) is 5.12. The Hall–Kier alpha value is -0.980. The fourth-order valence-corrected chi connectivity index (χ4v) is 4.21. The number of nitrogens with two attached hydrogens (primary N) is 1. The van der Waals surface area contributed by atoms with E-state index in [9.17, 15) is 8.42 Å². The molecule has 112 valence electrons. The molecule has 1 aromatic heterocycles. The van der Waals surface area contributed by atoms with Crippen LogP contribution < -0.4 is 10.5 Å². The van der Waals surface area contributed by atoms with Gasteiger partial charge in [-0.2, -0.15) is 0 Å². The van der Waals surface area contributed by atoms with Crippen molar-refractivity contribution in [3.8, 4) is 0 Å². The Balaban J connectivity index is 2.14. The van der Waals surface area contributed by atoms with Gasteiger partial charge in [-0.25, -0.2) is 13.1 Å². The number of hydrogen-bond acceptors (Lipinski definition) is 4. The van der Waals surface area contributed by atoms with Crippen LogP contribution in [0.4, 0.5) is 0 Å². The van der Waals surface area contributed by atoms with E-state index in [-0.39, 0.29) is 17.5 Å². The van der Waals surface area contributed by atoms with Crippen LogP contribution in [0.2, 0.25) is 0 Å². The first kappa shape index (κ1) is 15.4. The molecule has 0 bridgehead atoms. The summed E-state index contributed by atoms with van der Waals surface area (Å²) >= 11 is 0. The number of aromatic nitrogens is 1. The molecule has 1 aromatic rings. The van der Waals surface area contributed by atoms with E-state index in [0.717, 1.165) is 25.7 Å². The number of rotatable bonds is 4. The molecule has 1 aliphatic rings. The SMILES string of the molecule is CC1CCCC(NS(=O)(=O)c2cccnc2CN)CC1. The molecular formula is C14H23N3O2S. The minimum Gasteiger partial charge on any atom is -0.325 e. The van der Waals surface area contributed by atoms with Crippen molar-refractivity contribution in [2.24, 2.45) is 11.7 Å². The van der Waals surface area contributed by atoms with Gasteiger partial charge in [0, 0.05) is 18.8 Å². The largest absolute Gasteiger partial charge is 0.325 e. The highest BCUT2D eigenvalue weighted by molar-refractivity contribution is 7.89. The number of pyridine rings is 1. The molecule has 3 N–H and O–H groups in total. The van der Waals surface area contributed by atoms with E-state index >= 15 is 0 Å². The molecule has 1 heterocycles. The first-order chi connectivity index (χ1) is 9.53. The highest BCUT2D eigenvalue weighted by Crippen LogP contribution is 2.24. The molecule has 5 nitrogen and oxygen atoms in total. The van der Waals surface area contributed by atoms with Crippen molar-refractivity contribution in [3.05, 3.63) is 24.0 Å². The fourth-order valence-electron chi connectivity index (χ4n) is 2.71. The first-order valence-corrected chi connectivity index (χ1v) is 8.67. The average Bonchev–Trinajstić information content (AvgIpc) is 2.63. The molecule has 1 fully saturated rings. The molecule has 0 radical (unpaired) electrons. The summed E-state index contributed by atoms with van der Waals surface area (Å²) in [5.74, 6) is 0.683. The Bertz CT molecular complexity index is 545. The van der Waals surface area contributed by atoms with Gasteiger partial charge in [0.2, 0.25) is 10.0 Å². The topological polar surface area (TPSA) is 85.1 Å². The van der Waals surface area contributed by atoms with Crippen molar-refractivity contribution >= 4 is 10.0 Å². The first-order valence-electron chi connectivity index (χ1n) is 7.19. The zero-order chi connectivity index (χ0) is 14.6. The van der Waals surface area contributed by atoms with Gasteiger partial charge in [-0.05, 0) is 37.3 Å². The predicted molar refractivity (Wildman–Crippen MR) is 78.5 cm³/mol. The molecule has 20 heavy (non-hydrogen) atoms. The van der Waals surface area contributed by atoms with Crippen molar-refractivity contribution in [1.82, 2.24) is 9.71 Å². The van der Waals surface area contributed by atoms with Gasteiger partial charge in [0.15, 0.2) is 0 Å². The summed E-state index contributed by atoms with van der Waals surface area (Å²) in [5.41, 5.74) is 5.99. The fraction of sp³-hybridized carbons (Fsp3) is 0.643. The minimum absolute atomic E-state index is 0.0239. The third-order valence-corrected chi connectivity index (χ3v) is 5.50. The van der Waals surface area contributed by atoms with Crippen LogP contribution in [-0.4, -0.2) is 19.4 Å². The summed E-state index contributed by atoms with van der Waals surface area (Å²) in [5, 5.41) is 0. The predicted octanol–water partition coefficient (Wildman–Crippen LogP) is 1.79. The number of nitrogens with one attached hydrogen (secondary N) is 1.